The molecule has 0 saturated carbocycles. The molecule has 0 aliphatic heterocycles. The van der Waals surface area contributed by atoms with Crippen molar-refractivity contribution in [3.8, 4) is 0 Å². The minimum atomic E-state index is 0.832. The Kier molecular flexibility index (Phi) is 5.71. The minimum absolute atomic E-state index is 0.832. The van der Waals surface area contributed by atoms with Gasteiger partial charge in [-0.25, -0.2) is 9.97 Å². The van der Waals surface area contributed by atoms with Crippen LogP contribution in [0.2, 0.25) is 0 Å². The maximum atomic E-state index is 4.51. The second-order valence-corrected chi connectivity index (χ2v) is 5.32. The first-order valence-electron chi connectivity index (χ1n) is 5.91. The summed E-state index contributed by atoms with van der Waals surface area (Å²) in [5.74, 6) is 2.85. The molecular formula is C12H22N4S. The fourth-order valence-corrected chi connectivity index (χ4v) is 2.57. The van der Waals surface area contributed by atoms with Gasteiger partial charge in [-0.05, 0) is 34.9 Å². The highest BCUT2D eigenvalue weighted by atomic mass is 32.2. The van der Waals surface area contributed by atoms with Gasteiger partial charge in [0.25, 0.3) is 0 Å². The summed E-state index contributed by atoms with van der Waals surface area (Å²) in [6.07, 6.45) is 0. The maximum Gasteiger partial charge on any atom is 0.133 e. The molecule has 1 rings (SSSR count). The lowest BCUT2D eigenvalue weighted by atomic mass is 10.3. The highest BCUT2D eigenvalue weighted by molar-refractivity contribution is 7.99. The Morgan fingerprint density at radius 2 is 1.94 bits per heavy atom. The zero-order chi connectivity index (χ0) is 12.8. The molecule has 0 spiro atoms. The number of anilines is 1. The molecule has 1 aromatic heterocycles. The van der Waals surface area contributed by atoms with E-state index in [1.54, 1.807) is 11.8 Å². The van der Waals surface area contributed by atoms with Crippen LogP contribution in [0.4, 0.5) is 5.82 Å². The summed E-state index contributed by atoms with van der Waals surface area (Å²) < 4.78 is 0. The highest BCUT2D eigenvalue weighted by Gasteiger charge is 2.08. The van der Waals surface area contributed by atoms with Crippen molar-refractivity contribution in [1.29, 1.82) is 0 Å². The van der Waals surface area contributed by atoms with E-state index in [0.717, 1.165) is 41.1 Å². The molecule has 0 aliphatic carbocycles. The van der Waals surface area contributed by atoms with E-state index in [9.17, 15) is 0 Å². The third-order valence-electron chi connectivity index (χ3n) is 2.33. The van der Waals surface area contributed by atoms with Crippen molar-refractivity contribution in [1.82, 2.24) is 14.9 Å². The molecular weight excluding hydrogens is 232 g/mol. The molecule has 1 heterocycles. The van der Waals surface area contributed by atoms with Crippen LogP contribution in [-0.4, -0.2) is 47.8 Å². The van der Waals surface area contributed by atoms with Gasteiger partial charge in [-0.1, -0.05) is 0 Å². The molecule has 4 nitrogen and oxygen atoms in total. The summed E-state index contributed by atoms with van der Waals surface area (Å²) in [4.78, 5) is 11.1. The third-order valence-corrected chi connectivity index (χ3v) is 3.39. The van der Waals surface area contributed by atoms with Gasteiger partial charge in [-0.3, -0.25) is 0 Å². The van der Waals surface area contributed by atoms with Gasteiger partial charge in [0, 0.05) is 24.4 Å². The Morgan fingerprint density at radius 3 is 2.53 bits per heavy atom. The van der Waals surface area contributed by atoms with Gasteiger partial charge in [0.1, 0.15) is 16.7 Å². The minimum Gasteiger partial charge on any atom is -0.370 e. The van der Waals surface area contributed by atoms with E-state index in [1.165, 1.54) is 0 Å². The standard InChI is InChI=1S/C12H22N4S/c1-6-13-11-9(2)12(15-10(3)14-11)17-8-7-16(4)5/h6-8H2,1-5H3,(H,13,14,15). The molecule has 17 heavy (non-hydrogen) atoms. The molecule has 0 saturated heterocycles. The van der Waals surface area contributed by atoms with Crippen molar-refractivity contribution in [2.24, 2.45) is 0 Å². The summed E-state index contributed by atoms with van der Waals surface area (Å²) >= 11 is 1.80. The predicted octanol–water partition coefficient (Wildman–Crippen LogP) is 2.18. The fraction of sp³-hybridized carbons (Fsp3) is 0.667. The van der Waals surface area contributed by atoms with Crippen LogP contribution in [0, 0.1) is 13.8 Å². The number of thioether (sulfide) groups is 1. The summed E-state index contributed by atoms with van der Waals surface area (Å²) in [7, 11) is 4.17. The van der Waals surface area contributed by atoms with E-state index in [2.05, 4.69) is 48.1 Å². The van der Waals surface area contributed by atoms with Crippen molar-refractivity contribution < 1.29 is 0 Å². The molecule has 1 N–H and O–H groups in total. The molecule has 96 valence electrons. The molecule has 1 aromatic rings. The Bertz CT molecular complexity index is 366. The summed E-state index contributed by atoms with van der Waals surface area (Å²) in [5.41, 5.74) is 1.15. The molecule has 0 atom stereocenters. The first-order valence-corrected chi connectivity index (χ1v) is 6.89. The molecule has 5 heteroatoms. The van der Waals surface area contributed by atoms with Crippen LogP contribution in [0.25, 0.3) is 0 Å². The summed E-state index contributed by atoms with van der Waals surface area (Å²) in [6.45, 7) is 8.05. The smallest absolute Gasteiger partial charge is 0.133 e. The predicted molar refractivity (Wildman–Crippen MR) is 74.9 cm³/mol. The Hall–Kier alpha value is -0.810. The van der Waals surface area contributed by atoms with Crippen LogP contribution >= 0.6 is 11.8 Å². The number of nitrogens with zero attached hydrogens (tertiary/aromatic N) is 3. The largest absolute Gasteiger partial charge is 0.370 e. The monoisotopic (exact) mass is 254 g/mol. The van der Waals surface area contributed by atoms with Crippen molar-refractivity contribution in [2.75, 3.05) is 38.3 Å². The first kappa shape index (κ1) is 14.3. The normalized spacial score (nSPS) is 10.9. The molecule has 0 bridgehead atoms. The third kappa shape index (κ3) is 4.52. The number of aryl methyl sites for hydroxylation is 1. The van der Waals surface area contributed by atoms with E-state index in [4.69, 9.17) is 0 Å². The van der Waals surface area contributed by atoms with Crippen molar-refractivity contribution in [3.05, 3.63) is 11.4 Å². The van der Waals surface area contributed by atoms with Gasteiger partial charge in [-0.2, -0.15) is 0 Å². The molecule has 0 fully saturated rings. The van der Waals surface area contributed by atoms with Gasteiger partial charge >= 0.3 is 0 Å². The Balaban J connectivity index is 2.76. The van der Waals surface area contributed by atoms with E-state index >= 15 is 0 Å². The van der Waals surface area contributed by atoms with Gasteiger partial charge in [-0.15, -0.1) is 11.8 Å². The van der Waals surface area contributed by atoms with Crippen molar-refractivity contribution in [2.45, 2.75) is 25.8 Å². The lowest BCUT2D eigenvalue weighted by Gasteiger charge is -2.13. The second-order valence-electron chi connectivity index (χ2n) is 4.23. The number of aromatic nitrogens is 2. The van der Waals surface area contributed by atoms with Crippen LogP contribution in [-0.2, 0) is 0 Å². The van der Waals surface area contributed by atoms with Crippen molar-refractivity contribution >= 4 is 17.6 Å². The summed E-state index contributed by atoms with van der Waals surface area (Å²) in [6, 6.07) is 0. The molecule has 0 unspecified atom stereocenters. The Morgan fingerprint density at radius 1 is 1.24 bits per heavy atom. The molecule has 0 aliphatic rings. The topological polar surface area (TPSA) is 41.1 Å². The molecule has 0 radical (unpaired) electrons. The van der Waals surface area contributed by atoms with E-state index < -0.39 is 0 Å². The van der Waals surface area contributed by atoms with Gasteiger partial charge < -0.3 is 10.2 Å². The Labute approximate surface area is 108 Å². The van der Waals surface area contributed by atoms with Gasteiger partial charge in [0.15, 0.2) is 0 Å². The van der Waals surface area contributed by atoms with Crippen LogP contribution < -0.4 is 5.32 Å². The second kappa shape index (κ2) is 6.81. The first-order chi connectivity index (χ1) is 8.04. The number of rotatable bonds is 6. The zero-order valence-electron chi connectivity index (χ0n) is 11.4. The lowest BCUT2D eigenvalue weighted by molar-refractivity contribution is 0.437. The van der Waals surface area contributed by atoms with E-state index in [1.807, 2.05) is 6.92 Å². The molecule has 0 amide bonds. The van der Waals surface area contributed by atoms with Crippen LogP contribution in [0.3, 0.4) is 0 Å². The van der Waals surface area contributed by atoms with Gasteiger partial charge in [0.05, 0.1) is 0 Å². The van der Waals surface area contributed by atoms with E-state index in [-0.39, 0.29) is 0 Å². The van der Waals surface area contributed by atoms with Crippen LogP contribution in [0.15, 0.2) is 5.03 Å². The SMILES string of the molecule is CCNc1nc(C)nc(SCCN(C)C)c1C. The number of nitrogens with one attached hydrogen (secondary N) is 1. The molecule has 0 aromatic carbocycles. The van der Waals surface area contributed by atoms with E-state index in [0.29, 0.717) is 0 Å². The van der Waals surface area contributed by atoms with Crippen LogP contribution in [0.5, 0.6) is 0 Å². The fourth-order valence-electron chi connectivity index (χ4n) is 1.41. The van der Waals surface area contributed by atoms with Gasteiger partial charge in [0.2, 0.25) is 0 Å². The number of hydrogen-bond donors (Lipinski definition) is 1. The van der Waals surface area contributed by atoms with Crippen LogP contribution in [0.1, 0.15) is 18.3 Å². The highest BCUT2D eigenvalue weighted by Crippen LogP contribution is 2.24. The average Bonchev–Trinajstić information content (AvgIpc) is 2.24. The number of hydrogen-bond acceptors (Lipinski definition) is 5. The lowest BCUT2D eigenvalue weighted by Crippen LogP contribution is -2.15. The zero-order valence-corrected chi connectivity index (χ0v) is 12.2. The summed E-state index contributed by atoms with van der Waals surface area (Å²) in [5, 5.41) is 4.37. The quantitative estimate of drug-likeness (QED) is 0.622. The van der Waals surface area contributed by atoms with Crippen molar-refractivity contribution in [3.63, 3.8) is 0 Å². The average molecular weight is 254 g/mol. The maximum absolute atomic E-state index is 4.51.